The fourth-order valence-corrected chi connectivity index (χ4v) is 3.18. The predicted molar refractivity (Wildman–Crippen MR) is 79.9 cm³/mol. The molecule has 0 spiro atoms. The first-order valence-corrected chi connectivity index (χ1v) is 7.60. The lowest BCUT2D eigenvalue weighted by atomic mass is 10.3. The Bertz CT molecular complexity index is 702. The lowest BCUT2D eigenvalue weighted by Gasteiger charge is -2.04. The van der Waals surface area contributed by atoms with Crippen molar-refractivity contribution in [1.29, 1.82) is 0 Å². The second kappa shape index (κ2) is 5.31. The van der Waals surface area contributed by atoms with Crippen molar-refractivity contribution in [3.8, 4) is 0 Å². The number of hydrogen-bond donors (Lipinski definition) is 0. The summed E-state index contributed by atoms with van der Waals surface area (Å²) in [6, 6.07) is 8.11. The van der Waals surface area contributed by atoms with Crippen LogP contribution >= 0.6 is 22.9 Å². The van der Waals surface area contributed by atoms with Gasteiger partial charge in [0.05, 0.1) is 23.5 Å². The summed E-state index contributed by atoms with van der Waals surface area (Å²) in [4.78, 5) is 10.3. The monoisotopic (exact) mass is 291 g/mol. The minimum absolute atomic E-state index is 0.417. The minimum atomic E-state index is 0.417. The largest absolute Gasteiger partial charge is 0.320 e. The summed E-state index contributed by atoms with van der Waals surface area (Å²) in [5.74, 6) is 1.32. The normalized spacial score (nSPS) is 11.3. The maximum absolute atomic E-state index is 6.00. The molecule has 98 valence electrons. The van der Waals surface area contributed by atoms with E-state index in [0.29, 0.717) is 5.88 Å². The van der Waals surface area contributed by atoms with E-state index in [1.165, 1.54) is 4.88 Å². The van der Waals surface area contributed by atoms with Gasteiger partial charge in [-0.1, -0.05) is 19.1 Å². The number of halogens is 1. The summed E-state index contributed by atoms with van der Waals surface area (Å²) in [5.41, 5.74) is 2.11. The van der Waals surface area contributed by atoms with Crippen molar-refractivity contribution in [3.63, 3.8) is 0 Å². The number of fused-ring (bicyclic) bond motifs is 1. The number of imidazole rings is 1. The van der Waals surface area contributed by atoms with Crippen molar-refractivity contribution in [1.82, 2.24) is 14.5 Å². The molecule has 0 atom stereocenters. The smallest absolute Gasteiger partial charge is 0.125 e. The summed E-state index contributed by atoms with van der Waals surface area (Å²) < 4.78 is 2.15. The number of benzene rings is 1. The van der Waals surface area contributed by atoms with Gasteiger partial charge in [0.2, 0.25) is 0 Å². The highest BCUT2D eigenvalue weighted by Gasteiger charge is 2.11. The highest BCUT2D eigenvalue weighted by atomic mass is 35.5. The maximum atomic E-state index is 6.00. The summed E-state index contributed by atoms with van der Waals surface area (Å²) in [7, 11) is 0. The first-order valence-electron chi connectivity index (χ1n) is 6.25. The molecule has 1 aromatic carbocycles. The Labute approximate surface area is 120 Å². The molecule has 2 heterocycles. The van der Waals surface area contributed by atoms with Gasteiger partial charge in [-0.05, 0) is 18.6 Å². The van der Waals surface area contributed by atoms with E-state index >= 15 is 0 Å². The third kappa shape index (κ3) is 2.38. The second-order valence-electron chi connectivity index (χ2n) is 4.31. The first kappa shape index (κ1) is 12.6. The highest BCUT2D eigenvalue weighted by Crippen LogP contribution is 2.21. The van der Waals surface area contributed by atoms with E-state index in [4.69, 9.17) is 11.6 Å². The number of rotatable bonds is 4. The Morgan fingerprint density at radius 1 is 1.32 bits per heavy atom. The minimum Gasteiger partial charge on any atom is -0.320 e. The van der Waals surface area contributed by atoms with Crippen molar-refractivity contribution in [2.24, 2.45) is 0 Å². The summed E-state index contributed by atoms with van der Waals surface area (Å²) in [5, 5.41) is 1.10. The predicted octanol–water partition coefficient (Wildman–Crippen LogP) is 3.84. The van der Waals surface area contributed by atoms with Gasteiger partial charge >= 0.3 is 0 Å². The van der Waals surface area contributed by atoms with Gasteiger partial charge in [-0.15, -0.1) is 22.9 Å². The molecule has 0 N–H and O–H groups in total. The molecule has 0 saturated heterocycles. The van der Waals surface area contributed by atoms with E-state index in [1.54, 1.807) is 11.3 Å². The third-order valence-corrected chi connectivity index (χ3v) is 4.46. The summed E-state index contributed by atoms with van der Waals surface area (Å²) in [6.45, 7) is 2.89. The lowest BCUT2D eigenvalue weighted by molar-refractivity contribution is 0.773. The topological polar surface area (TPSA) is 30.7 Å². The van der Waals surface area contributed by atoms with E-state index in [2.05, 4.69) is 27.5 Å². The molecule has 0 amide bonds. The zero-order chi connectivity index (χ0) is 13.2. The van der Waals surface area contributed by atoms with Gasteiger partial charge in [0.15, 0.2) is 0 Å². The van der Waals surface area contributed by atoms with Crippen molar-refractivity contribution < 1.29 is 0 Å². The van der Waals surface area contributed by atoms with Crippen LogP contribution in [-0.4, -0.2) is 14.5 Å². The van der Waals surface area contributed by atoms with E-state index in [9.17, 15) is 0 Å². The molecule has 3 rings (SSSR count). The van der Waals surface area contributed by atoms with Crippen molar-refractivity contribution in [2.45, 2.75) is 25.8 Å². The molecule has 0 aliphatic heterocycles. The standard InChI is InChI=1S/C14H14ClN3S/c1-2-10-8-16-14(19-10)9-18-12-6-4-3-5-11(12)17-13(18)7-15/h3-6,8H,2,7,9H2,1H3. The molecular formula is C14H14ClN3S. The molecule has 0 aliphatic rings. The van der Waals surface area contributed by atoms with Gasteiger partial charge in [-0.2, -0.15) is 0 Å². The van der Waals surface area contributed by atoms with Crippen LogP contribution in [-0.2, 0) is 18.8 Å². The van der Waals surface area contributed by atoms with Gasteiger partial charge in [0.1, 0.15) is 10.8 Å². The fourth-order valence-electron chi connectivity index (χ4n) is 2.12. The average molecular weight is 292 g/mol. The number of thiazole rings is 1. The van der Waals surface area contributed by atoms with Crippen LogP contribution < -0.4 is 0 Å². The third-order valence-electron chi connectivity index (χ3n) is 3.10. The molecule has 19 heavy (non-hydrogen) atoms. The van der Waals surface area contributed by atoms with Crippen LogP contribution in [0.3, 0.4) is 0 Å². The quantitative estimate of drug-likeness (QED) is 0.684. The first-order chi connectivity index (χ1) is 9.31. The lowest BCUT2D eigenvalue weighted by Crippen LogP contribution is -2.03. The van der Waals surface area contributed by atoms with Gasteiger partial charge in [-0.3, -0.25) is 0 Å². The van der Waals surface area contributed by atoms with Gasteiger partial charge in [0.25, 0.3) is 0 Å². The number of alkyl halides is 1. The fraction of sp³-hybridized carbons (Fsp3) is 0.286. The molecule has 3 aromatic rings. The second-order valence-corrected chi connectivity index (χ2v) is 5.78. The molecule has 0 radical (unpaired) electrons. The molecule has 5 heteroatoms. The van der Waals surface area contributed by atoms with Crippen LogP contribution in [0, 0.1) is 0 Å². The van der Waals surface area contributed by atoms with Crippen LogP contribution in [0.5, 0.6) is 0 Å². The summed E-state index contributed by atoms with van der Waals surface area (Å²) >= 11 is 7.76. The van der Waals surface area contributed by atoms with E-state index in [0.717, 1.165) is 34.8 Å². The Hall–Kier alpha value is -1.39. The Morgan fingerprint density at radius 3 is 2.89 bits per heavy atom. The van der Waals surface area contributed by atoms with Crippen molar-refractivity contribution in [2.75, 3.05) is 0 Å². The summed E-state index contributed by atoms with van der Waals surface area (Å²) in [6.07, 6.45) is 2.99. The van der Waals surface area contributed by atoms with Crippen LogP contribution in [0.4, 0.5) is 0 Å². The molecular weight excluding hydrogens is 278 g/mol. The molecule has 0 fully saturated rings. The number of aromatic nitrogens is 3. The van der Waals surface area contributed by atoms with E-state index in [1.807, 2.05) is 24.4 Å². The van der Waals surface area contributed by atoms with Crippen molar-refractivity contribution >= 4 is 34.0 Å². The van der Waals surface area contributed by atoms with Gasteiger partial charge in [-0.25, -0.2) is 9.97 Å². The zero-order valence-corrected chi connectivity index (χ0v) is 12.2. The zero-order valence-electron chi connectivity index (χ0n) is 10.6. The van der Waals surface area contributed by atoms with Crippen LogP contribution in [0.2, 0.25) is 0 Å². The van der Waals surface area contributed by atoms with Crippen LogP contribution in [0.1, 0.15) is 22.6 Å². The number of aryl methyl sites for hydroxylation is 1. The van der Waals surface area contributed by atoms with Gasteiger partial charge in [0, 0.05) is 11.1 Å². The number of nitrogens with zero attached hydrogens (tertiary/aromatic N) is 3. The van der Waals surface area contributed by atoms with E-state index in [-0.39, 0.29) is 0 Å². The average Bonchev–Trinajstić information content (AvgIpc) is 3.04. The Balaban J connectivity index is 2.03. The highest BCUT2D eigenvalue weighted by molar-refractivity contribution is 7.11. The molecule has 0 unspecified atom stereocenters. The van der Waals surface area contributed by atoms with Crippen LogP contribution in [0.15, 0.2) is 30.5 Å². The molecule has 0 aliphatic carbocycles. The number of hydrogen-bond acceptors (Lipinski definition) is 3. The van der Waals surface area contributed by atoms with Crippen molar-refractivity contribution in [3.05, 3.63) is 46.2 Å². The molecule has 3 nitrogen and oxygen atoms in total. The molecule has 0 saturated carbocycles. The van der Waals surface area contributed by atoms with E-state index < -0.39 is 0 Å². The Morgan fingerprint density at radius 2 is 2.16 bits per heavy atom. The molecule has 0 bridgehead atoms. The van der Waals surface area contributed by atoms with Crippen LogP contribution in [0.25, 0.3) is 11.0 Å². The SMILES string of the molecule is CCc1cnc(Cn2c(CCl)nc3ccccc32)s1. The Kier molecular flexibility index (Phi) is 3.53. The molecule has 2 aromatic heterocycles. The van der Waals surface area contributed by atoms with Gasteiger partial charge < -0.3 is 4.57 Å². The number of para-hydroxylation sites is 2. The maximum Gasteiger partial charge on any atom is 0.125 e.